The Morgan fingerprint density at radius 2 is 1.61 bits per heavy atom. The molecule has 2 rings (SSSR count). The summed E-state index contributed by atoms with van der Waals surface area (Å²) in [4.78, 5) is 12.0. The van der Waals surface area contributed by atoms with Crippen LogP contribution in [0.5, 0.6) is 0 Å². The normalized spacial score (nSPS) is 13.1. The van der Waals surface area contributed by atoms with Gasteiger partial charge in [-0.3, -0.25) is 0 Å². The average Bonchev–Trinajstić information content (AvgIpc) is 2.65. The second-order valence-corrected chi connectivity index (χ2v) is 10.1. The molecule has 0 amide bonds. The number of nitrogens with one attached hydrogen (secondary N) is 1. The van der Waals surface area contributed by atoms with Gasteiger partial charge in [0.2, 0.25) is 10.0 Å². The Kier molecular flexibility index (Phi) is 6.63. The number of sulfone groups is 1. The Labute approximate surface area is 165 Å². The molecule has 2 aromatic rings. The fourth-order valence-corrected chi connectivity index (χ4v) is 4.65. The van der Waals surface area contributed by atoms with Crippen molar-refractivity contribution in [3.8, 4) is 0 Å². The van der Waals surface area contributed by atoms with Gasteiger partial charge in [0.25, 0.3) is 0 Å². The quantitative estimate of drug-likeness (QED) is 0.684. The Balaban J connectivity index is 2.35. The number of sulfonamides is 1. The molecule has 9 heteroatoms. The largest absolute Gasteiger partial charge is 0.465 e. The molecule has 1 N–H and O–H groups in total. The zero-order valence-corrected chi connectivity index (χ0v) is 17.7. The molecule has 0 spiro atoms. The van der Waals surface area contributed by atoms with Crippen LogP contribution in [0.4, 0.5) is 0 Å². The smallest absolute Gasteiger partial charge is 0.338 e. The van der Waals surface area contributed by atoms with E-state index in [1.807, 2.05) is 6.92 Å². The Hall–Kier alpha value is -2.23. The molecular weight excluding hydrogens is 402 g/mol. The number of esters is 1. The molecule has 0 fully saturated rings. The van der Waals surface area contributed by atoms with Crippen LogP contribution >= 0.6 is 0 Å². The summed E-state index contributed by atoms with van der Waals surface area (Å²) in [6.45, 7) is 3.50. The lowest BCUT2D eigenvalue weighted by atomic mass is 10.1. The maximum atomic E-state index is 12.8. The molecule has 0 heterocycles. The van der Waals surface area contributed by atoms with Crippen molar-refractivity contribution in [2.45, 2.75) is 36.1 Å². The van der Waals surface area contributed by atoms with Crippen molar-refractivity contribution >= 4 is 25.8 Å². The SMILES string of the molecule is CCC(NS(=O)(=O)c1ccc(C)c(C(=O)OC)c1)c1ccc(S(C)(=O)=O)cc1. The van der Waals surface area contributed by atoms with Gasteiger partial charge in [0.05, 0.1) is 22.5 Å². The van der Waals surface area contributed by atoms with E-state index >= 15 is 0 Å². The van der Waals surface area contributed by atoms with Gasteiger partial charge in [0, 0.05) is 12.3 Å². The van der Waals surface area contributed by atoms with E-state index in [1.165, 1.54) is 31.4 Å². The molecule has 0 aliphatic heterocycles. The number of aryl methyl sites for hydroxylation is 1. The highest BCUT2D eigenvalue weighted by molar-refractivity contribution is 7.90. The van der Waals surface area contributed by atoms with Crippen molar-refractivity contribution in [3.63, 3.8) is 0 Å². The van der Waals surface area contributed by atoms with Crippen LogP contribution in [-0.2, 0) is 24.6 Å². The van der Waals surface area contributed by atoms with E-state index in [0.717, 1.165) is 6.26 Å². The van der Waals surface area contributed by atoms with Gasteiger partial charge >= 0.3 is 5.97 Å². The molecule has 0 saturated heterocycles. The van der Waals surface area contributed by atoms with Gasteiger partial charge in [-0.25, -0.2) is 26.4 Å². The maximum absolute atomic E-state index is 12.8. The third-order valence-electron chi connectivity index (χ3n) is 4.34. The van der Waals surface area contributed by atoms with Crippen molar-refractivity contribution in [2.24, 2.45) is 0 Å². The van der Waals surface area contributed by atoms with Gasteiger partial charge in [-0.15, -0.1) is 0 Å². The Bertz CT molecular complexity index is 1070. The molecule has 28 heavy (non-hydrogen) atoms. The number of ether oxygens (including phenoxy) is 1. The lowest BCUT2D eigenvalue weighted by Crippen LogP contribution is -2.28. The van der Waals surface area contributed by atoms with Crippen LogP contribution in [0.15, 0.2) is 52.3 Å². The van der Waals surface area contributed by atoms with Crippen molar-refractivity contribution in [2.75, 3.05) is 13.4 Å². The third kappa shape index (κ3) is 4.98. The molecule has 0 bridgehead atoms. The number of rotatable bonds is 7. The van der Waals surface area contributed by atoms with Crippen molar-refractivity contribution < 1.29 is 26.4 Å². The minimum Gasteiger partial charge on any atom is -0.465 e. The van der Waals surface area contributed by atoms with Gasteiger partial charge < -0.3 is 4.74 Å². The molecule has 0 saturated carbocycles. The zero-order valence-electron chi connectivity index (χ0n) is 16.1. The van der Waals surface area contributed by atoms with Crippen LogP contribution < -0.4 is 4.72 Å². The van der Waals surface area contributed by atoms with Crippen LogP contribution in [0.2, 0.25) is 0 Å². The number of methoxy groups -OCH3 is 1. The monoisotopic (exact) mass is 425 g/mol. The summed E-state index contributed by atoms with van der Waals surface area (Å²) < 4.78 is 56.1. The topological polar surface area (TPSA) is 107 Å². The fraction of sp³-hybridized carbons (Fsp3) is 0.316. The zero-order chi connectivity index (χ0) is 21.1. The van der Waals surface area contributed by atoms with E-state index in [-0.39, 0.29) is 15.4 Å². The first-order valence-electron chi connectivity index (χ1n) is 8.51. The van der Waals surface area contributed by atoms with E-state index < -0.39 is 31.9 Å². The fourth-order valence-electron chi connectivity index (χ4n) is 2.69. The molecule has 0 radical (unpaired) electrons. The highest BCUT2D eigenvalue weighted by Gasteiger charge is 2.23. The summed E-state index contributed by atoms with van der Waals surface area (Å²) in [5.74, 6) is -0.613. The molecule has 2 aromatic carbocycles. The summed E-state index contributed by atoms with van der Waals surface area (Å²) in [5, 5.41) is 0. The summed E-state index contributed by atoms with van der Waals surface area (Å²) in [7, 11) is -6.02. The lowest BCUT2D eigenvalue weighted by Gasteiger charge is -2.18. The van der Waals surface area contributed by atoms with Gasteiger partial charge in [-0.1, -0.05) is 25.1 Å². The second-order valence-electron chi connectivity index (χ2n) is 6.39. The first-order chi connectivity index (χ1) is 13.0. The van der Waals surface area contributed by atoms with Gasteiger partial charge in [-0.05, 0) is 48.7 Å². The van der Waals surface area contributed by atoms with E-state index in [2.05, 4.69) is 4.72 Å². The summed E-state index contributed by atoms with van der Waals surface area (Å²) in [6.07, 6.45) is 1.56. The second kappa shape index (κ2) is 8.42. The molecule has 1 atom stereocenters. The molecule has 152 valence electrons. The summed E-state index contributed by atoms with van der Waals surface area (Å²) in [5.41, 5.74) is 1.42. The van der Waals surface area contributed by atoms with Crippen molar-refractivity contribution in [1.82, 2.24) is 4.72 Å². The number of carbonyl (C=O) groups excluding carboxylic acids is 1. The van der Waals surface area contributed by atoms with Gasteiger partial charge in [0.1, 0.15) is 0 Å². The maximum Gasteiger partial charge on any atom is 0.338 e. The first kappa shape index (κ1) is 22.1. The predicted octanol–water partition coefficient (Wildman–Crippen LogP) is 2.61. The predicted molar refractivity (Wildman–Crippen MR) is 105 cm³/mol. The van der Waals surface area contributed by atoms with Crippen molar-refractivity contribution in [1.29, 1.82) is 0 Å². The average molecular weight is 426 g/mol. The highest BCUT2D eigenvalue weighted by Crippen LogP contribution is 2.23. The van der Waals surface area contributed by atoms with Crippen molar-refractivity contribution in [3.05, 3.63) is 59.2 Å². The summed E-state index contributed by atoms with van der Waals surface area (Å²) in [6, 6.07) is 9.76. The first-order valence-corrected chi connectivity index (χ1v) is 11.9. The van der Waals surface area contributed by atoms with Gasteiger partial charge in [0.15, 0.2) is 9.84 Å². The molecular formula is C19H23NO6S2. The minimum absolute atomic E-state index is 0.0512. The number of carbonyl (C=O) groups is 1. The third-order valence-corrected chi connectivity index (χ3v) is 6.94. The van der Waals surface area contributed by atoms with Crippen LogP contribution in [0.1, 0.15) is 40.9 Å². The van der Waals surface area contributed by atoms with Crippen LogP contribution in [0, 0.1) is 6.92 Å². The van der Waals surface area contributed by atoms with Crippen LogP contribution in [0.25, 0.3) is 0 Å². The lowest BCUT2D eigenvalue weighted by molar-refractivity contribution is 0.0599. The van der Waals surface area contributed by atoms with E-state index in [9.17, 15) is 21.6 Å². The Morgan fingerprint density at radius 3 is 2.11 bits per heavy atom. The molecule has 0 aliphatic carbocycles. The van der Waals surface area contributed by atoms with E-state index in [4.69, 9.17) is 4.74 Å². The standard InChI is InChI=1S/C19H23NO6S2/c1-5-18(14-7-10-15(11-8-14)27(4,22)23)20-28(24,25)16-9-6-13(2)17(12-16)19(21)26-3/h6-12,18,20H,5H2,1-4H3. The molecule has 0 aliphatic rings. The van der Waals surface area contributed by atoms with Crippen LogP contribution in [0.3, 0.4) is 0 Å². The van der Waals surface area contributed by atoms with E-state index in [0.29, 0.717) is 17.5 Å². The van der Waals surface area contributed by atoms with Gasteiger partial charge in [-0.2, -0.15) is 0 Å². The Morgan fingerprint density at radius 1 is 1.04 bits per heavy atom. The number of benzene rings is 2. The minimum atomic E-state index is -3.92. The highest BCUT2D eigenvalue weighted by atomic mass is 32.2. The molecule has 1 unspecified atom stereocenters. The summed E-state index contributed by atoms with van der Waals surface area (Å²) >= 11 is 0. The van der Waals surface area contributed by atoms with E-state index in [1.54, 1.807) is 25.1 Å². The number of hydrogen-bond donors (Lipinski definition) is 1. The molecule has 7 nitrogen and oxygen atoms in total. The van der Waals surface area contributed by atoms with Crippen LogP contribution in [-0.4, -0.2) is 36.2 Å². The molecule has 0 aromatic heterocycles. The number of hydrogen-bond acceptors (Lipinski definition) is 6.